The van der Waals surface area contributed by atoms with Gasteiger partial charge < -0.3 is 10.2 Å². The van der Waals surface area contributed by atoms with Crippen molar-refractivity contribution in [2.24, 2.45) is 4.99 Å². The van der Waals surface area contributed by atoms with Crippen molar-refractivity contribution in [1.29, 1.82) is 0 Å². The Bertz CT molecular complexity index is 546. The molecule has 1 atom stereocenters. The van der Waals surface area contributed by atoms with Gasteiger partial charge in [-0.15, -0.1) is 24.0 Å². The predicted octanol–water partition coefficient (Wildman–Crippen LogP) is 1.56. The van der Waals surface area contributed by atoms with Crippen molar-refractivity contribution in [3.05, 3.63) is 0 Å². The van der Waals surface area contributed by atoms with Gasteiger partial charge >= 0.3 is 0 Å². The Labute approximate surface area is 164 Å². The van der Waals surface area contributed by atoms with Crippen molar-refractivity contribution in [3.8, 4) is 0 Å². The smallest absolute Gasteiger partial charge is 0.194 e. The van der Waals surface area contributed by atoms with Crippen molar-refractivity contribution in [3.63, 3.8) is 0 Å². The minimum Gasteiger partial charge on any atom is -0.357 e. The van der Waals surface area contributed by atoms with Crippen LogP contribution in [0.25, 0.3) is 0 Å². The molecule has 2 aliphatic rings. The second-order valence-electron chi connectivity index (χ2n) is 7.44. The minimum absolute atomic E-state index is 0. The van der Waals surface area contributed by atoms with E-state index < -0.39 is 14.6 Å². The van der Waals surface area contributed by atoms with E-state index in [-0.39, 0.29) is 29.7 Å². The average Bonchev–Trinajstić information content (AvgIpc) is 3.30. The molecule has 8 heteroatoms. The van der Waals surface area contributed by atoms with Crippen LogP contribution in [0.5, 0.6) is 0 Å². The Hall–Kier alpha value is -0.0900. The normalized spacial score (nSPS) is 24.4. The molecule has 1 aliphatic heterocycles. The van der Waals surface area contributed by atoms with Gasteiger partial charge in [0.2, 0.25) is 0 Å². The fraction of sp³-hybridized carbons (Fsp3) is 0.938. The van der Waals surface area contributed by atoms with E-state index in [2.05, 4.69) is 29.1 Å². The monoisotopic (exact) mass is 472 g/mol. The number of hydrogen-bond acceptors (Lipinski definition) is 4. The van der Waals surface area contributed by atoms with Crippen LogP contribution in [0.2, 0.25) is 0 Å². The molecule has 1 aliphatic carbocycles. The van der Waals surface area contributed by atoms with E-state index in [9.17, 15) is 8.42 Å². The third-order valence-corrected chi connectivity index (χ3v) is 7.53. The molecule has 0 bridgehead atoms. The topological polar surface area (TPSA) is 65.0 Å². The lowest BCUT2D eigenvalue weighted by molar-refractivity contribution is 0.252. The van der Waals surface area contributed by atoms with Crippen LogP contribution >= 0.6 is 24.0 Å². The van der Waals surface area contributed by atoms with E-state index in [1.165, 1.54) is 12.8 Å². The van der Waals surface area contributed by atoms with Gasteiger partial charge in [-0.2, -0.15) is 0 Å². The maximum atomic E-state index is 12.2. The number of aliphatic imine (C=N–C) groups is 1. The van der Waals surface area contributed by atoms with Gasteiger partial charge in [0.15, 0.2) is 15.8 Å². The number of rotatable bonds is 5. The van der Waals surface area contributed by atoms with Crippen LogP contribution in [0.1, 0.15) is 40.5 Å². The molecule has 0 radical (unpaired) electrons. The minimum atomic E-state index is -3.02. The Morgan fingerprint density at radius 2 is 2.04 bits per heavy atom. The quantitative estimate of drug-likeness (QED) is 0.374. The van der Waals surface area contributed by atoms with Crippen LogP contribution in [0.4, 0.5) is 0 Å². The van der Waals surface area contributed by atoms with Gasteiger partial charge in [0.1, 0.15) is 0 Å². The van der Waals surface area contributed by atoms with Crippen LogP contribution in [0.3, 0.4) is 0 Å². The first kappa shape index (κ1) is 22.0. The Morgan fingerprint density at radius 1 is 1.42 bits per heavy atom. The Balaban J connectivity index is 0.00000288. The van der Waals surface area contributed by atoms with Gasteiger partial charge in [0.25, 0.3) is 0 Å². The lowest BCUT2D eigenvalue weighted by atomic mass is 10.2. The SMILES string of the molecule is CCNC(=NCC(C)N(C)C1CC1)N1CCS(=O)(=O)C(C)(C)C1.I. The summed E-state index contributed by atoms with van der Waals surface area (Å²) in [6, 6.07) is 1.12. The Morgan fingerprint density at radius 3 is 2.54 bits per heavy atom. The van der Waals surface area contributed by atoms with Crippen LogP contribution in [0.15, 0.2) is 4.99 Å². The molecule has 2 rings (SSSR count). The lowest BCUT2D eigenvalue weighted by Crippen LogP contribution is -2.57. The van der Waals surface area contributed by atoms with E-state index >= 15 is 0 Å². The average molecular weight is 472 g/mol. The first-order valence-electron chi connectivity index (χ1n) is 8.65. The standard InChI is InChI=1S/C16H32N4O2S.HI/c1-6-17-15(18-11-13(2)19(5)14-7-8-14)20-9-10-23(21,22)16(3,4)12-20;/h13-14H,6-12H2,1-5H3,(H,17,18);1H. The summed E-state index contributed by atoms with van der Waals surface area (Å²) in [4.78, 5) is 9.27. The number of sulfone groups is 1. The van der Waals surface area contributed by atoms with Gasteiger partial charge in [0, 0.05) is 31.7 Å². The molecular weight excluding hydrogens is 439 g/mol. The molecule has 6 nitrogen and oxygen atoms in total. The number of nitrogens with one attached hydrogen (secondary N) is 1. The van der Waals surface area contributed by atoms with Crippen molar-refractivity contribution in [1.82, 2.24) is 15.1 Å². The van der Waals surface area contributed by atoms with Crippen molar-refractivity contribution < 1.29 is 8.42 Å². The second kappa shape index (κ2) is 8.53. The van der Waals surface area contributed by atoms with E-state index in [0.717, 1.165) is 25.1 Å². The fourth-order valence-corrected chi connectivity index (χ4v) is 4.31. The third-order valence-electron chi connectivity index (χ3n) is 5.00. The number of hydrogen-bond donors (Lipinski definition) is 1. The molecule has 0 aromatic carbocycles. The summed E-state index contributed by atoms with van der Waals surface area (Å²) in [7, 11) is -0.855. The van der Waals surface area contributed by atoms with Crippen molar-refractivity contribution >= 4 is 39.8 Å². The maximum absolute atomic E-state index is 12.2. The lowest BCUT2D eigenvalue weighted by Gasteiger charge is -2.39. The van der Waals surface area contributed by atoms with Crippen LogP contribution in [0, 0.1) is 0 Å². The number of guanidine groups is 1. The highest BCUT2D eigenvalue weighted by atomic mass is 127. The molecule has 0 aromatic heterocycles. The van der Waals surface area contributed by atoms with Gasteiger partial charge in [-0.1, -0.05) is 0 Å². The summed E-state index contributed by atoms with van der Waals surface area (Å²) in [6.45, 7) is 10.4. The molecule has 0 aromatic rings. The fourth-order valence-electron chi connectivity index (χ4n) is 2.94. The van der Waals surface area contributed by atoms with Gasteiger partial charge in [-0.3, -0.25) is 9.89 Å². The molecule has 1 heterocycles. The largest absolute Gasteiger partial charge is 0.357 e. The molecule has 1 saturated carbocycles. The number of halogens is 1. The molecular formula is C16H33IN4O2S. The van der Waals surface area contributed by atoms with E-state index in [0.29, 0.717) is 19.1 Å². The molecule has 1 saturated heterocycles. The van der Waals surface area contributed by atoms with E-state index in [4.69, 9.17) is 4.99 Å². The highest BCUT2D eigenvalue weighted by Gasteiger charge is 2.41. The third kappa shape index (κ3) is 5.20. The van der Waals surface area contributed by atoms with Crippen LogP contribution in [-0.4, -0.2) is 80.0 Å². The van der Waals surface area contributed by atoms with Gasteiger partial charge in [-0.25, -0.2) is 8.42 Å². The summed E-state index contributed by atoms with van der Waals surface area (Å²) in [5.41, 5.74) is 0. The first-order chi connectivity index (χ1) is 10.7. The summed E-state index contributed by atoms with van der Waals surface area (Å²) in [5.74, 6) is 1.04. The number of nitrogens with zero attached hydrogens (tertiary/aromatic N) is 3. The second-order valence-corrected chi connectivity index (χ2v) is 10.2. The highest BCUT2D eigenvalue weighted by molar-refractivity contribution is 14.0. The number of likely N-dealkylation sites (N-methyl/N-ethyl adjacent to an activating group) is 1. The molecule has 0 spiro atoms. The summed E-state index contributed by atoms with van der Waals surface area (Å²) in [6.07, 6.45) is 2.59. The first-order valence-corrected chi connectivity index (χ1v) is 10.3. The highest BCUT2D eigenvalue weighted by Crippen LogP contribution is 2.27. The van der Waals surface area contributed by atoms with Crippen molar-refractivity contribution in [2.75, 3.05) is 39.0 Å². The van der Waals surface area contributed by atoms with Crippen molar-refractivity contribution in [2.45, 2.75) is 57.4 Å². The molecule has 24 heavy (non-hydrogen) atoms. The van der Waals surface area contributed by atoms with Gasteiger partial charge in [0.05, 0.1) is 17.0 Å². The molecule has 142 valence electrons. The Kier molecular flexibility index (Phi) is 7.80. The molecule has 1 N–H and O–H groups in total. The molecule has 0 amide bonds. The van der Waals surface area contributed by atoms with Gasteiger partial charge in [-0.05, 0) is 47.6 Å². The summed E-state index contributed by atoms with van der Waals surface area (Å²) < 4.78 is 23.6. The van der Waals surface area contributed by atoms with Crippen LogP contribution < -0.4 is 5.32 Å². The summed E-state index contributed by atoms with van der Waals surface area (Å²) in [5, 5.41) is 3.32. The van der Waals surface area contributed by atoms with E-state index in [1.54, 1.807) is 0 Å². The zero-order valence-corrected chi connectivity index (χ0v) is 18.7. The maximum Gasteiger partial charge on any atom is 0.194 e. The zero-order valence-electron chi connectivity index (χ0n) is 15.6. The summed E-state index contributed by atoms with van der Waals surface area (Å²) >= 11 is 0. The van der Waals surface area contributed by atoms with E-state index in [1.807, 2.05) is 20.8 Å². The molecule has 2 fully saturated rings. The predicted molar refractivity (Wildman–Crippen MR) is 111 cm³/mol. The van der Waals surface area contributed by atoms with Crippen LogP contribution in [-0.2, 0) is 9.84 Å². The molecule has 1 unspecified atom stereocenters. The zero-order chi connectivity index (χ0) is 17.3.